The first-order chi connectivity index (χ1) is 9.40. The first-order valence-electron chi connectivity index (χ1n) is 6.03. The Balaban J connectivity index is 2.24. The molecule has 2 aromatic rings. The Labute approximate surface area is 119 Å². The fourth-order valence-electron chi connectivity index (χ4n) is 1.75. The summed E-state index contributed by atoms with van der Waals surface area (Å²) in [6, 6.07) is 9.82. The molecule has 0 radical (unpaired) electrons. The number of hydrogen-bond acceptors (Lipinski definition) is 1. The first-order valence-corrected chi connectivity index (χ1v) is 6.41. The number of hydrogen-bond donors (Lipinski definition) is 0. The summed E-state index contributed by atoms with van der Waals surface area (Å²) in [6.45, 7) is 1.97. The lowest BCUT2D eigenvalue weighted by Gasteiger charge is -2.11. The minimum absolute atomic E-state index is 0.125. The molecule has 1 nitrogen and oxygen atoms in total. The maximum absolute atomic E-state index is 12.6. The van der Waals surface area contributed by atoms with Crippen LogP contribution in [0.25, 0.3) is 0 Å². The monoisotopic (exact) mass is 300 g/mol. The van der Waals surface area contributed by atoms with E-state index in [1.165, 1.54) is 12.1 Å². The summed E-state index contributed by atoms with van der Waals surface area (Å²) in [5.41, 5.74) is 0.217. The highest BCUT2D eigenvalue weighted by atomic mass is 35.5. The number of rotatable bonds is 3. The Morgan fingerprint density at radius 2 is 1.75 bits per heavy atom. The molecule has 0 N–H and O–H groups in total. The number of benzene rings is 2. The van der Waals surface area contributed by atoms with Gasteiger partial charge < -0.3 is 4.74 Å². The topological polar surface area (TPSA) is 9.23 Å². The molecule has 0 atom stereocenters. The van der Waals surface area contributed by atoms with Crippen molar-refractivity contribution in [2.75, 3.05) is 0 Å². The van der Waals surface area contributed by atoms with Crippen LogP contribution in [-0.4, -0.2) is 0 Å². The van der Waals surface area contributed by atoms with Crippen molar-refractivity contribution in [2.24, 2.45) is 0 Å². The number of ether oxygens (including phenoxy) is 1. The molecule has 2 rings (SSSR count). The number of halogens is 4. The van der Waals surface area contributed by atoms with E-state index in [1.54, 1.807) is 18.2 Å². The van der Waals surface area contributed by atoms with E-state index < -0.39 is 11.7 Å². The molecule has 2 aromatic carbocycles. The van der Waals surface area contributed by atoms with Crippen molar-refractivity contribution in [1.29, 1.82) is 0 Å². The molecule has 0 unspecified atom stereocenters. The molecule has 0 heterocycles. The second-order valence-electron chi connectivity index (χ2n) is 4.23. The largest absolute Gasteiger partial charge is 0.457 e. The highest BCUT2D eigenvalue weighted by Crippen LogP contribution is 2.33. The SMILES string of the molecule is CCc1ccc(Oc2cccc(C(F)(F)F)c2)cc1Cl. The van der Waals surface area contributed by atoms with Crippen molar-refractivity contribution >= 4 is 11.6 Å². The fraction of sp³-hybridized carbons (Fsp3) is 0.200. The van der Waals surface area contributed by atoms with Crippen molar-refractivity contribution in [1.82, 2.24) is 0 Å². The summed E-state index contributed by atoms with van der Waals surface area (Å²) in [4.78, 5) is 0. The summed E-state index contributed by atoms with van der Waals surface area (Å²) < 4.78 is 43.2. The minimum Gasteiger partial charge on any atom is -0.457 e. The molecule has 106 valence electrons. The molecule has 0 aromatic heterocycles. The van der Waals surface area contributed by atoms with Crippen molar-refractivity contribution in [3.05, 3.63) is 58.6 Å². The predicted octanol–water partition coefficient (Wildman–Crippen LogP) is 5.71. The average Bonchev–Trinajstić information content (AvgIpc) is 2.38. The molecule has 5 heteroatoms. The van der Waals surface area contributed by atoms with Crippen LogP contribution in [0.4, 0.5) is 13.2 Å². The fourth-order valence-corrected chi connectivity index (χ4v) is 2.05. The van der Waals surface area contributed by atoms with E-state index in [9.17, 15) is 13.2 Å². The normalized spacial score (nSPS) is 11.4. The highest BCUT2D eigenvalue weighted by Gasteiger charge is 2.30. The molecular formula is C15H12ClF3O. The van der Waals surface area contributed by atoms with E-state index in [0.717, 1.165) is 24.1 Å². The van der Waals surface area contributed by atoms with E-state index in [4.69, 9.17) is 16.3 Å². The van der Waals surface area contributed by atoms with Crippen LogP contribution < -0.4 is 4.74 Å². The summed E-state index contributed by atoms with van der Waals surface area (Å²) in [6.07, 6.45) is -3.61. The second-order valence-corrected chi connectivity index (χ2v) is 4.64. The van der Waals surface area contributed by atoms with E-state index >= 15 is 0 Å². The van der Waals surface area contributed by atoms with E-state index in [-0.39, 0.29) is 5.75 Å². The van der Waals surface area contributed by atoms with Crippen LogP contribution in [0.5, 0.6) is 11.5 Å². The first kappa shape index (κ1) is 14.7. The lowest BCUT2D eigenvalue weighted by Crippen LogP contribution is -2.04. The zero-order valence-corrected chi connectivity index (χ0v) is 11.4. The standard InChI is InChI=1S/C15H12ClF3O/c1-2-10-6-7-13(9-14(10)16)20-12-5-3-4-11(8-12)15(17,18)19/h3-9H,2H2,1H3. The summed E-state index contributed by atoms with van der Waals surface area (Å²) >= 11 is 6.04. The van der Waals surface area contributed by atoms with Gasteiger partial charge in [-0.3, -0.25) is 0 Å². The highest BCUT2D eigenvalue weighted by molar-refractivity contribution is 6.31. The van der Waals surface area contributed by atoms with Gasteiger partial charge in [0, 0.05) is 5.02 Å². The van der Waals surface area contributed by atoms with Crippen LogP contribution in [-0.2, 0) is 12.6 Å². The molecule has 0 fully saturated rings. The molecule has 0 bridgehead atoms. The third-order valence-electron chi connectivity index (χ3n) is 2.80. The van der Waals surface area contributed by atoms with Gasteiger partial charge in [0.05, 0.1) is 5.56 Å². The zero-order valence-electron chi connectivity index (χ0n) is 10.7. The van der Waals surface area contributed by atoms with Gasteiger partial charge in [-0.15, -0.1) is 0 Å². The van der Waals surface area contributed by atoms with Gasteiger partial charge in [0.2, 0.25) is 0 Å². The smallest absolute Gasteiger partial charge is 0.416 e. The van der Waals surface area contributed by atoms with Crippen LogP contribution >= 0.6 is 11.6 Å². The van der Waals surface area contributed by atoms with Gasteiger partial charge in [-0.2, -0.15) is 13.2 Å². The van der Waals surface area contributed by atoms with Gasteiger partial charge in [0.15, 0.2) is 0 Å². The van der Waals surface area contributed by atoms with E-state index in [1.807, 2.05) is 6.92 Å². The molecule has 20 heavy (non-hydrogen) atoms. The Morgan fingerprint density at radius 1 is 1.05 bits per heavy atom. The number of alkyl halides is 3. The quantitative estimate of drug-likeness (QED) is 0.705. The average molecular weight is 301 g/mol. The maximum atomic E-state index is 12.6. The second kappa shape index (κ2) is 5.75. The molecule has 0 spiro atoms. The van der Waals surface area contributed by atoms with Gasteiger partial charge in [0.25, 0.3) is 0 Å². The lowest BCUT2D eigenvalue weighted by atomic mass is 10.1. The Hall–Kier alpha value is -1.68. The van der Waals surface area contributed by atoms with Crippen LogP contribution in [0.2, 0.25) is 5.02 Å². The van der Waals surface area contributed by atoms with Gasteiger partial charge in [-0.05, 0) is 42.3 Å². The summed E-state index contributed by atoms with van der Waals surface area (Å²) in [7, 11) is 0. The minimum atomic E-state index is -4.39. The van der Waals surface area contributed by atoms with Crippen molar-refractivity contribution in [2.45, 2.75) is 19.5 Å². The van der Waals surface area contributed by atoms with Crippen LogP contribution in [0.3, 0.4) is 0 Å². The molecule has 0 aliphatic heterocycles. The molecule has 0 saturated carbocycles. The molecule has 0 amide bonds. The molecule has 0 aliphatic rings. The van der Waals surface area contributed by atoms with Crippen molar-refractivity contribution < 1.29 is 17.9 Å². The Kier molecular flexibility index (Phi) is 4.23. The molecule has 0 saturated heterocycles. The van der Waals surface area contributed by atoms with Gasteiger partial charge in [-0.25, -0.2) is 0 Å². The zero-order chi connectivity index (χ0) is 14.8. The maximum Gasteiger partial charge on any atom is 0.416 e. The third-order valence-corrected chi connectivity index (χ3v) is 3.15. The number of aryl methyl sites for hydroxylation is 1. The summed E-state index contributed by atoms with van der Waals surface area (Å²) in [5.74, 6) is 0.534. The van der Waals surface area contributed by atoms with Crippen molar-refractivity contribution in [3.8, 4) is 11.5 Å². The van der Waals surface area contributed by atoms with Gasteiger partial charge in [-0.1, -0.05) is 30.7 Å². The lowest BCUT2D eigenvalue weighted by molar-refractivity contribution is -0.137. The van der Waals surface area contributed by atoms with E-state index in [2.05, 4.69) is 0 Å². The van der Waals surface area contributed by atoms with Crippen molar-refractivity contribution in [3.63, 3.8) is 0 Å². The Morgan fingerprint density at radius 3 is 2.35 bits per heavy atom. The van der Waals surface area contributed by atoms with Gasteiger partial charge in [0.1, 0.15) is 11.5 Å². The van der Waals surface area contributed by atoms with Crippen LogP contribution in [0.1, 0.15) is 18.1 Å². The predicted molar refractivity (Wildman–Crippen MR) is 72.3 cm³/mol. The van der Waals surface area contributed by atoms with E-state index in [0.29, 0.717) is 10.8 Å². The van der Waals surface area contributed by atoms with Gasteiger partial charge >= 0.3 is 6.18 Å². The Bertz CT molecular complexity index is 608. The third kappa shape index (κ3) is 3.45. The molecular weight excluding hydrogens is 289 g/mol. The molecule has 0 aliphatic carbocycles. The summed E-state index contributed by atoms with van der Waals surface area (Å²) in [5, 5.41) is 0.539. The van der Waals surface area contributed by atoms with Crippen LogP contribution in [0.15, 0.2) is 42.5 Å². The van der Waals surface area contributed by atoms with Crippen LogP contribution in [0, 0.1) is 0 Å².